The second-order valence-electron chi connectivity index (χ2n) is 6.43. The number of ether oxygens (including phenoxy) is 2. The van der Waals surface area contributed by atoms with Gasteiger partial charge in [-0.2, -0.15) is 0 Å². The van der Waals surface area contributed by atoms with Crippen molar-refractivity contribution in [1.29, 1.82) is 0 Å². The average Bonchev–Trinajstić information content (AvgIpc) is 3.33. The predicted octanol–water partition coefficient (Wildman–Crippen LogP) is 3.42. The van der Waals surface area contributed by atoms with Gasteiger partial charge in [0.25, 0.3) is 0 Å². The first-order valence-corrected chi connectivity index (χ1v) is 8.40. The molecule has 0 radical (unpaired) electrons. The standard InChI is InChI=1S/C18H29NO3.ClH/c1-14(2)19-12-16(20)13-22-18-9-7-17(8-10-18)21-11-3-4-15-5-6-15;/h7-10,14-16,19-20H,3-6,11-13H2,1-2H3;1H. The molecule has 23 heavy (non-hydrogen) atoms. The smallest absolute Gasteiger partial charge is 0.119 e. The Kier molecular flexibility index (Phi) is 9.37. The lowest BCUT2D eigenvalue weighted by molar-refractivity contribution is 0.104. The molecule has 0 aliphatic heterocycles. The van der Waals surface area contributed by atoms with Crippen molar-refractivity contribution < 1.29 is 14.6 Å². The van der Waals surface area contributed by atoms with Crippen LogP contribution in [-0.2, 0) is 0 Å². The molecule has 4 nitrogen and oxygen atoms in total. The summed E-state index contributed by atoms with van der Waals surface area (Å²) in [5.74, 6) is 2.61. The van der Waals surface area contributed by atoms with Crippen LogP contribution in [0.25, 0.3) is 0 Å². The van der Waals surface area contributed by atoms with E-state index in [0.29, 0.717) is 19.2 Å². The van der Waals surface area contributed by atoms with E-state index in [-0.39, 0.29) is 12.4 Å². The van der Waals surface area contributed by atoms with Crippen molar-refractivity contribution in [2.75, 3.05) is 19.8 Å². The van der Waals surface area contributed by atoms with Crippen molar-refractivity contribution in [2.45, 2.75) is 51.7 Å². The summed E-state index contributed by atoms with van der Waals surface area (Å²) < 4.78 is 11.3. The van der Waals surface area contributed by atoms with Crippen LogP contribution in [0.5, 0.6) is 11.5 Å². The van der Waals surface area contributed by atoms with Crippen LogP contribution in [-0.4, -0.2) is 37.0 Å². The summed E-state index contributed by atoms with van der Waals surface area (Å²) in [4.78, 5) is 0. The first kappa shape index (κ1) is 20.1. The lowest BCUT2D eigenvalue weighted by Gasteiger charge is -2.15. The number of nitrogens with one attached hydrogen (secondary N) is 1. The summed E-state index contributed by atoms with van der Waals surface area (Å²) in [6.45, 7) is 5.73. The van der Waals surface area contributed by atoms with Gasteiger partial charge in [0.05, 0.1) is 6.61 Å². The zero-order chi connectivity index (χ0) is 15.8. The zero-order valence-corrected chi connectivity index (χ0v) is 15.0. The van der Waals surface area contributed by atoms with Crippen molar-refractivity contribution in [3.63, 3.8) is 0 Å². The van der Waals surface area contributed by atoms with E-state index in [1.807, 2.05) is 24.3 Å². The molecule has 2 N–H and O–H groups in total. The van der Waals surface area contributed by atoms with Crippen LogP contribution in [0.3, 0.4) is 0 Å². The van der Waals surface area contributed by atoms with Gasteiger partial charge < -0.3 is 19.9 Å². The molecule has 0 heterocycles. The largest absolute Gasteiger partial charge is 0.494 e. The van der Waals surface area contributed by atoms with Crippen LogP contribution >= 0.6 is 12.4 Å². The Balaban J connectivity index is 0.00000264. The molecule has 1 aromatic rings. The second-order valence-corrected chi connectivity index (χ2v) is 6.43. The molecule has 1 aliphatic carbocycles. The van der Waals surface area contributed by atoms with E-state index in [9.17, 15) is 5.11 Å². The lowest BCUT2D eigenvalue weighted by Crippen LogP contribution is -2.35. The van der Waals surface area contributed by atoms with Crippen LogP contribution in [0, 0.1) is 5.92 Å². The number of aliphatic hydroxyl groups excluding tert-OH is 1. The van der Waals surface area contributed by atoms with E-state index in [4.69, 9.17) is 9.47 Å². The number of rotatable bonds is 11. The fourth-order valence-electron chi connectivity index (χ4n) is 2.22. The molecular formula is C18H30ClNO3. The predicted molar refractivity (Wildman–Crippen MR) is 95.8 cm³/mol. The molecule has 2 rings (SSSR count). The van der Waals surface area contributed by atoms with Gasteiger partial charge in [-0.3, -0.25) is 0 Å². The average molecular weight is 344 g/mol. The van der Waals surface area contributed by atoms with Crippen LogP contribution in [0.4, 0.5) is 0 Å². The van der Waals surface area contributed by atoms with Crippen LogP contribution < -0.4 is 14.8 Å². The minimum Gasteiger partial charge on any atom is -0.494 e. The SMILES string of the molecule is CC(C)NCC(O)COc1ccc(OCCCC2CC2)cc1.Cl. The summed E-state index contributed by atoms with van der Waals surface area (Å²) in [6, 6.07) is 7.99. The maximum atomic E-state index is 9.79. The third-order valence-electron chi connectivity index (χ3n) is 3.75. The van der Waals surface area contributed by atoms with Crippen molar-refractivity contribution in [2.24, 2.45) is 5.92 Å². The molecule has 0 saturated heterocycles. The van der Waals surface area contributed by atoms with Gasteiger partial charge in [-0.1, -0.05) is 26.7 Å². The Hall–Kier alpha value is -0.970. The van der Waals surface area contributed by atoms with Crippen LogP contribution in [0.2, 0.25) is 0 Å². The van der Waals surface area contributed by atoms with E-state index in [1.54, 1.807) is 0 Å². The minimum absolute atomic E-state index is 0. The Bertz CT molecular complexity index is 421. The molecule has 5 heteroatoms. The highest BCUT2D eigenvalue weighted by atomic mass is 35.5. The van der Waals surface area contributed by atoms with Crippen molar-refractivity contribution >= 4 is 12.4 Å². The van der Waals surface area contributed by atoms with Gasteiger partial charge in [0.15, 0.2) is 0 Å². The molecule has 1 fully saturated rings. The first-order valence-electron chi connectivity index (χ1n) is 8.40. The number of aliphatic hydroxyl groups is 1. The van der Waals surface area contributed by atoms with Crippen LogP contribution in [0.15, 0.2) is 24.3 Å². The number of benzene rings is 1. The molecule has 0 amide bonds. The molecule has 1 aromatic carbocycles. The van der Waals surface area contributed by atoms with E-state index < -0.39 is 6.10 Å². The fraction of sp³-hybridized carbons (Fsp3) is 0.667. The quantitative estimate of drug-likeness (QED) is 0.604. The van der Waals surface area contributed by atoms with E-state index in [1.165, 1.54) is 19.3 Å². The third kappa shape index (κ3) is 9.04. The van der Waals surface area contributed by atoms with Crippen molar-refractivity contribution in [3.05, 3.63) is 24.3 Å². The molecule has 0 spiro atoms. The van der Waals surface area contributed by atoms with E-state index in [2.05, 4.69) is 19.2 Å². The monoisotopic (exact) mass is 343 g/mol. The minimum atomic E-state index is -0.499. The van der Waals surface area contributed by atoms with Gasteiger partial charge in [0.1, 0.15) is 24.2 Å². The highest BCUT2D eigenvalue weighted by Gasteiger charge is 2.20. The Morgan fingerprint density at radius 1 is 1.13 bits per heavy atom. The Morgan fingerprint density at radius 2 is 1.74 bits per heavy atom. The summed E-state index contributed by atoms with van der Waals surface area (Å²) in [7, 11) is 0. The Labute approximate surface area is 146 Å². The molecular weight excluding hydrogens is 314 g/mol. The van der Waals surface area contributed by atoms with Gasteiger partial charge in [0.2, 0.25) is 0 Å². The Morgan fingerprint density at radius 3 is 2.30 bits per heavy atom. The van der Waals surface area contributed by atoms with Gasteiger partial charge in [-0.25, -0.2) is 0 Å². The third-order valence-corrected chi connectivity index (χ3v) is 3.75. The molecule has 1 atom stereocenters. The molecule has 132 valence electrons. The highest BCUT2D eigenvalue weighted by molar-refractivity contribution is 5.85. The van der Waals surface area contributed by atoms with Crippen molar-refractivity contribution in [3.8, 4) is 11.5 Å². The summed E-state index contributed by atoms with van der Waals surface area (Å²) in [5.41, 5.74) is 0. The van der Waals surface area contributed by atoms with E-state index in [0.717, 1.165) is 30.4 Å². The van der Waals surface area contributed by atoms with Gasteiger partial charge in [0, 0.05) is 12.6 Å². The summed E-state index contributed by atoms with van der Waals surface area (Å²) in [6.07, 6.45) is 4.75. The molecule has 1 unspecified atom stereocenters. The van der Waals surface area contributed by atoms with Crippen LogP contribution in [0.1, 0.15) is 39.5 Å². The maximum absolute atomic E-state index is 9.79. The molecule has 1 saturated carbocycles. The van der Waals surface area contributed by atoms with Gasteiger partial charge >= 0.3 is 0 Å². The summed E-state index contributed by atoms with van der Waals surface area (Å²) in [5, 5.41) is 13.0. The fourth-order valence-corrected chi connectivity index (χ4v) is 2.22. The topological polar surface area (TPSA) is 50.7 Å². The normalized spacial score (nSPS) is 15.1. The summed E-state index contributed by atoms with van der Waals surface area (Å²) >= 11 is 0. The van der Waals surface area contributed by atoms with Crippen molar-refractivity contribution in [1.82, 2.24) is 5.32 Å². The van der Waals surface area contributed by atoms with Gasteiger partial charge in [-0.05, 0) is 43.0 Å². The second kappa shape index (κ2) is 10.7. The van der Waals surface area contributed by atoms with Gasteiger partial charge in [-0.15, -0.1) is 12.4 Å². The van der Waals surface area contributed by atoms with E-state index >= 15 is 0 Å². The number of hydrogen-bond acceptors (Lipinski definition) is 4. The lowest BCUT2D eigenvalue weighted by atomic mass is 10.2. The molecule has 0 aromatic heterocycles. The number of hydrogen-bond donors (Lipinski definition) is 2. The molecule has 0 bridgehead atoms. The number of halogens is 1. The zero-order valence-electron chi connectivity index (χ0n) is 14.2. The highest BCUT2D eigenvalue weighted by Crippen LogP contribution is 2.33. The maximum Gasteiger partial charge on any atom is 0.119 e. The molecule has 1 aliphatic rings. The first-order chi connectivity index (χ1) is 10.6.